The largest absolute Gasteiger partial charge is 0.455 e. The Morgan fingerprint density at radius 1 is 1.28 bits per heavy atom. The third kappa shape index (κ3) is 4.45. The molecule has 1 atom stereocenters. The Kier molecular flexibility index (Phi) is 5.22. The number of nitrogens with one attached hydrogen (secondary N) is 2. The molecule has 2 aromatic rings. The van der Waals surface area contributed by atoms with E-state index in [1.807, 2.05) is 12.1 Å². The van der Waals surface area contributed by atoms with Gasteiger partial charge in [-0.15, -0.1) is 0 Å². The van der Waals surface area contributed by atoms with Gasteiger partial charge in [0.05, 0.1) is 11.9 Å². The smallest absolute Gasteiger partial charge is 0.229 e. The zero-order valence-corrected chi connectivity index (χ0v) is 15.7. The number of hydrogen-bond acceptors (Lipinski definition) is 4. The molecule has 134 valence electrons. The fourth-order valence-corrected chi connectivity index (χ4v) is 3.86. The molecule has 0 spiro atoms. The van der Waals surface area contributed by atoms with Gasteiger partial charge < -0.3 is 10.1 Å². The number of ether oxygens (including phenoxy) is 1. The summed E-state index contributed by atoms with van der Waals surface area (Å²) in [4.78, 5) is 0. The minimum absolute atomic E-state index is 0.258. The van der Waals surface area contributed by atoms with E-state index in [0.29, 0.717) is 22.2 Å². The summed E-state index contributed by atoms with van der Waals surface area (Å²) < 4.78 is 32.0. The number of fused-ring (bicyclic) bond motifs is 1. The second-order valence-corrected chi connectivity index (χ2v) is 8.31. The van der Waals surface area contributed by atoms with Crippen molar-refractivity contribution in [3.8, 4) is 11.5 Å². The maximum absolute atomic E-state index is 11.7. The fraction of sp³-hybridized carbons (Fsp3) is 0.333. The number of aryl methyl sites for hydroxylation is 1. The van der Waals surface area contributed by atoms with Crippen molar-refractivity contribution in [3.05, 3.63) is 52.5 Å². The van der Waals surface area contributed by atoms with Crippen molar-refractivity contribution in [3.63, 3.8) is 0 Å². The first kappa shape index (κ1) is 18.0. The highest BCUT2D eigenvalue weighted by Crippen LogP contribution is 2.40. The number of anilines is 1. The average molecular weight is 381 g/mol. The molecule has 0 saturated carbocycles. The average Bonchev–Trinajstić information content (AvgIpc) is 2.89. The SMILES string of the molecule is CCNC1CCc2cc(NS(C)(=O)=O)c(Oc3cccc(Cl)c3)cc21. The zero-order chi connectivity index (χ0) is 18.0. The van der Waals surface area contributed by atoms with E-state index in [-0.39, 0.29) is 6.04 Å². The molecular weight excluding hydrogens is 360 g/mol. The Bertz CT molecular complexity index is 884. The van der Waals surface area contributed by atoms with Crippen LogP contribution in [0.15, 0.2) is 36.4 Å². The summed E-state index contributed by atoms with van der Waals surface area (Å²) in [6.07, 6.45) is 3.02. The van der Waals surface area contributed by atoms with Gasteiger partial charge in [0.15, 0.2) is 5.75 Å². The van der Waals surface area contributed by atoms with Gasteiger partial charge in [0.25, 0.3) is 0 Å². The van der Waals surface area contributed by atoms with Gasteiger partial charge in [-0.25, -0.2) is 8.42 Å². The highest BCUT2D eigenvalue weighted by molar-refractivity contribution is 7.92. The molecule has 2 aromatic carbocycles. The summed E-state index contributed by atoms with van der Waals surface area (Å²) in [6.45, 7) is 2.94. The molecule has 7 heteroatoms. The van der Waals surface area contributed by atoms with Gasteiger partial charge in [-0.2, -0.15) is 0 Å². The van der Waals surface area contributed by atoms with Gasteiger partial charge in [-0.1, -0.05) is 24.6 Å². The molecule has 0 aromatic heterocycles. The Hall–Kier alpha value is -1.76. The third-order valence-electron chi connectivity index (χ3n) is 4.09. The van der Waals surface area contributed by atoms with Crippen LogP contribution in [0.5, 0.6) is 11.5 Å². The predicted molar refractivity (Wildman–Crippen MR) is 101 cm³/mol. The zero-order valence-electron chi connectivity index (χ0n) is 14.2. The summed E-state index contributed by atoms with van der Waals surface area (Å²) in [5.41, 5.74) is 2.73. The van der Waals surface area contributed by atoms with E-state index in [4.69, 9.17) is 16.3 Å². The molecule has 0 amide bonds. The lowest BCUT2D eigenvalue weighted by molar-refractivity contribution is 0.482. The molecule has 3 rings (SSSR count). The van der Waals surface area contributed by atoms with Crippen molar-refractivity contribution in [2.45, 2.75) is 25.8 Å². The van der Waals surface area contributed by atoms with E-state index in [2.05, 4.69) is 17.0 Å². The number of sulfonamides is 1. The van der Waals surface area contributed by atoms with E-state index >= 15 is 0 Å². The Morgan fingerprint density at radius 2 is 2.08 bits per heavy atom. The van der Waals surface area contributed by atoms with E-state index < -0.39 is 10.0 Å². The second-order valence-electron chi connectivity index (χ2n) is 6.13. The van der Waals surface area contributed by atoms with Crippen LogP contribution >= 0.6 is 11.6 Å². The number of benzene rings is 2. The van der Waals surface area contributed by atoms with Gasteiger partial charge in [0.1, 0.15) is 5.75 Å². The van der Waals surface area contributed by atoms with Crippen LogP contribution in [0.25, 0.3) is 0 Å². The van der Waals surface area contributed by atoms with Gasteiger partial charge in [-0.3, -0.25) is 4.72 Å². The fourth-order valence-electron chi connectivity index (χ4n) is 3.12. The second kappa shape index (κ2) is 7.23. The van der Waals surface area contributed by atoms with Crippen molar-refractivity contribution in [2.75, 3.05) is 17.5 Å². The lowest BCUT2D eigenvalue weighted by atomic mass is 10.1. The molecule has 0 aliphatic heterocycles. The maximum Gasteiger partial charge on any atom is 0.229 e. The standard InChI is InChI=1S/C18H21ClN2O3S/c1-3-20-16-8-7-12-9-17(21-25(2,22)23)18(11-15(12)16)24-14-6-4-5-13(19)10-14/h4-6,9-11,16,20-21H,3,7-8H2,1-2H3. The molecule has 0 saturated heterocycles. The van der Waals surface area contributed by atoms with E-state index in [1.54, 1.807) is 24.3 Å². The van der Waals surface area contributed by atoms with Crippen molar-refractivity contribution in [1.29, 1.82) is 0 Å². The minimum Gasteiger partial charge on any atom is -0.455 e. The molecule has 5 nitrogen and oxygen atoms in total. The molecular formula is C18H21ClN2O3S. The first-order valence-corrected chi connectivity index (χ1v) is 10.4. The molecule has 1 unspecified atom stereocenters. The highest BCUT2D eigenvalue weighted by Gasteiger charge is 2.25. The summed E-state index contributed by atoms with van der Waals surface area (Å²) in [5.74, 6) is 1.03. The molecule has 0 radical (unpaired) electrons. The minimum atomic E-state index is -3.41. The third-order valence-corrected chi connectivity index (χ3v) is 4.91. The van der Waals surface area contributed by atoms with Crippen molar-refractivity contribution >= 4 is 27.3 Å². The van der Waals surface area contributed by atoms with Crippen LogP contribution in [0.1, 0.15) is 30.5 Å². The van der Waals surface area contributed by atoms with Crippen molar-refractivity contribution in [2.24, 2.45) is 0 Å². The quantitative estimate of drug-likeness (QED) is 0.791. The topological polar surface area (TPSA) is 67.4 Å². The summed E-state index contributed by atoms with van der Waals surface area (Å²) in [7, 11) is -3.41. The van der Waals surface area contributed by atoms with Crippen molar-refractivity contribution < 1.29 is 13.2 Å². The predicted octanol–water partition coefficient (Wildman–Crippen LogP) is 4.10. The molecule has 1 aliphatic carbocycles. The molecule has 0 fully saturated rings. The van der Waals surface area contributed by atoms with Crippen LogP contribution in [0.2, 0.25) is 5.02 Å². The van der Waals surface area contributed by atoms with Crippen LogP contribution in [-0.4, -0.2) is 21.2 Å². The molecule has 25 heavy (non-hydrogen) atoms. The first-order valence-electron chi connectivity index (χ1n) is 8.17. The van der Waals surface area contributed by atoms with Crippen LogP contribution in [-0.2, 0) is 16.4 Å². The maximum atomic E-state index is 11.7. The molecule has 1 aliphatic rings. The summed E-state index contributed by atoms with van der Waals surface area (Å²) >= 11 is 6.01. The van der Waals surface area contributed by atoms with E-state index in [0.717, 1.165) is 36.8 Å². The highest BCUT2D eigenvalue weighted by atomic mass is 35.5. The molecule has 0 bridgehead atoms. The van der Waals surface area contributed by atoms with Gasteiger partial charge >= 0.3 is 0 Å². The van der Waals surface area contributed by atoms with Crippen molar-refractivity contribution in [1.82, 2.24) is 5.32 Å². The monoisotopic (exact) mass is 380 g/mol. The lowest BCUT2D eigenvalue weighted by Crippen LogP contribution is -2.18. The van der Waals surface area contributed by atoms with Crippen LogP contribution in [0.4, 0.5) is 5.69 Å². The van der Waals surface area contributed by atoms with Gasteiger partial charge in [-0.05, 0) is 60.8 Å². The Balaban J connectivity index is 2.02. The number of rotatable bonds is 6. The normalized spacial score (nSPS) is 16.5. The number of hydrogen-bond donors (Lipinski definition) is 2. The lowest BCUT2D eigenvalue weighted by Gasteiger charge is -2.17. The molecule has 2 N–H and O–H groups in total. The molecule has 0 heterocycles. The Labute approximate surface area is 153 Å². The first-order chi connectivity index (χ1) is 11.9. The van der Waals surface area contributed by atoms with Gasteiger partial charge in [0, 0.05) is 11.1 Å². The Morgan fingerprint density at radius 3 is 2.76 bits per heavy atom. The van der Waals surface area contributed by atoms with E-state index in [1.165, 1.54) is 0 Å². The van der Waals surface area contributed by atoms with Crippen LogP contribution in [0.3, 0.4) is 0 Å². The van der Waals surface area contributed by atoms with Gasteiger partial charge in [0.2, 0.25) is 10.0 Å². The van der Waals surface area contributed by atoms with E-state index in [9.17, 15) is 8.42 Å². The summed E-state index contributed by atoms with van der Waals surface area (Å²) in [6, 6.07) is 11.1. The number of halogens is 1. The van der Waals surface area contributed by atoms with Crippen LogP contribution < -0.4 is 14.8 Å². The van der Waals surface area contributed by atoms with Crippen LogP contribution in [0, 0.1) is 0 Å². The summed E-state index contributed by atoms with van der Waals surface area (Å²) in [5, 5.41) is 4.01.